The third-order valence-electron chi connectivity index (χ3n) is 4.24. The summed E-state index contributed by atoms with van der Waals surface area (Å²) in [4.78, 5) is 35.4. The summed E-state index contributed by atoms with van der Waals surface area (Å²) in [6, 6.07) is 6.95. The molecule has 1 aliphatic rings. The van der Waals surface area contributed by atoms with E-state index in [1.165, 1.54) is 7.11 Å². The predicted octanol–water partition coefficient (Wildman–Crippen LogP) is 2.01. The number of halogens is 1. The lowest BCUT2D eigenvalue weighted by Crippen LogP contribution is -2.46. The number of carbonyl (C=O) groups excluding carboxylic acids is 3. The van der Waals surface area contributed by atoms with Crippen LogP contribution in [-0.2, 0) is 25.5 Å². The van der Waals surface area contributed by atoms with Crippen molar-refractivity contribution in [1.82, 2.24) is 10.9 Å². The molecular weight excluding hydrogens is 332 g/mol. The van der Waals surface area contributed by atoms with E-state index >= 15 is 0 Å². The number of carbonyl (C=O) groups is 3. The highest BCUT2D eigenvalue weighted by Gasteiger charge is 2.30. The fourth-order valence-corrected chi connectivity index (χ4v) is 2.95. The molecule has 2 amide bonds. The highest BCUT2D eigenvalue weighted by molar-refractivity contribution is 6.30. The first kappa shape index (κ1) is 18.3. The molecule has 130 valence electrons. The van der Waals surface area contributed by atoms with Gasteiger partial charge in [-0.2, -0.15) is 0 Å². The van der Waals surface area contributed by atoms with Crippen molar-refractivity contribution >= 4 is 29.4 Å². The molecule has 1 fully saturated rings. The van der Waals surface area contributed by atoms with Crippen LogP contribution in [0, 0.1) is 11.8 Å². The maximum atomic E-state index is 12.1. The molecule has 1 saturated carbocycles. The number of esters is 1. The summed E-state index contributed by atoms with van der Waals surface area (Å²) >= 11 is 5.79. The van der Waals surface area contributed by atoms with Gasteiger partial charge in [-0.3, -0.25) is 25.2 Å². The van der Waals surface area contributed by atoms with Gasteiger partial charge in [0.05, 0.1) is 19.4 Å². The van der Waals surface area contributed by atoms with Gasteiger partial charge in [0.1, 0.15) is 0 Å². The Labute approximate surface area is 145 Å². The van der Waals surface area contributed by atoms with Crippen LogP contribution >= 0.6 is 11.6 Å². The molecule has 0 atom stereocenters. The van der Waals surface area contributed by atoms with Gasteiger partial charge in [0.15, 0.2) is 0 Å². The fraction of sp³-hybridized carbons (Fsp3) is 0.471. The van der Waals surface area contributed by atoms with Crippen LogP contribution in [0.1, 0.15) is 31.2 Å². The van der Waals surface area contributed by atoms with Gasteiger partial charge in [-0.25, -0.2) is 0 Å². The number of rotatable bonds is 4. The second kappa shape index (κ2) is 8.68. The molecular formula is C17H21ClN2O4. The van der Waals surface area contributed by atoms with Gasteiger partial charge < -0.3 is 4.74 Å². The van der Waals surface area contributed by atoms with Crippen molar-refractivity contribution in [1.29, 1.82) is 0 Å². The Morgan fingerprint density at radius 1 is 1.04 bits per heavy atom. The average molecular weight is 353 g/mol. The van der Waals surface area contributed by atoms with Gasteiger partial charge in [0.2, 0.25) is 11.8 Å². The number of benzene rings is 1. The standard InChI is InChI=1S/C17H21ClN2O4/c1-24-17(23)13-6-4-12(5-7-13)16(22)20-19-15(21)10-11-2-8-14(18)9-3-11/h2-3,8-9,12-13H,4-7,10H2,1H3,(H,19,21)(H,20,22). The first-order valence-corrected chi connectivity index (χ1v) is 8.28. The molecule has 2 N–H and O–H groups in total. The molecule has 0 aliphatic heterocycles. The summed E-state index contributed by atoms with van der Waals surface area (Å²) in [5, 5.41) is 0.606. The molecule has 7 heteroatoms. The molecule has 0 heterocycles. The smallest absolute Gasteiger partial charge is 0.308 e. The number of nitrogens with one attached hydrogen (secondary N) is 2. The van der Waals surface area contributed by atoms with Crippen LogP contribution in [0.4, 0.5) is 0 Å². The van der Waals surface area contributed by atoms with Gasteiger partial charge >= 0.3 is 5.97 Å². The molecule has 1 aliphatic carbocycles. The molecule has 0 aromatic heterocycles. The van der Waals surface area contributed by atoms with E-state index in [1.807, 2.05) is 0 Å². The maximum Gasteiger partial charge on any atom is 0.308 e. The normalized spacial score (nSPS) is 20.1. The molecule has 24 heavy (non-hydrogen) atoms. The maximum absolute atomic E-state index is 12.1. The molecule has 6 nitrogen and oxygen atoms in total. The number of hydrogen-bond acceptors (Lipinski definition) is 4. The molecule has 1 aromatic carbocycles. The number of amides is 2. The van der Waals surface area contributed by atoms with Crippen LogP contribution < -0.4 is 10.9 Å². The van der Waals surface area contributed by atoms with Crippen LogP contribution in [0.5, 0.6) is 0 Å². The van der Waals surface area contributed by atoms with Crippen molar-refractivity contribution in [3.63, 3.8) is 0 Å². The molecule has 0 saturated heterocycles. The molecule has 1 aromatic rings. The Balaban J connectivity index is 1.72. The van der Waals surface area contributed by atoms with Crippen LogP contribution in [0.15, 0.2) is 24.3 Å². The van der Waals surface area contributed by atoms with Crippen LogP contribution in [0.25, 0.3) is 0 Å². The van der Waals surface area contributed by atoms with E-state index in [9.17, 15) is 14.4 Å². The SMILES string of the molecule is COC(=O)C1CCC(C(=O)NNC(=O)Cc2ccc(Cl)cc2)CC1. The number of hydrogen-bond donors (Lipinski definition) is 2. The largest absolute Gasteiger partial charge is 0.469 e. The number of methoxy groups -OCH3 is 1. The Hall–Kier alpha value is -2.08. The van der Waals surface area contributed by atoms with Gasteiger partial charge in [-0.05, 0) is 43.4 Å². The van der Waals surface area contributed by atoms with Crippen LogP contribution in [0.2, 0.25) is 5.02 Å². The van der Waals surface area contributed by atoms with E-state index in [2.05, 4.69) is 10.9 Å². The molecule has 2 rings (SSSR count). The zero-order valence-electron chi connectivity index (χ0n) is 13.5. The van der Waals surface area contributed by atoms with E-state index < -0.39 is 0 Å². The van der Waals surface area contributed by atoms with E-state index in [-0.39, 0.29) is 36.0 Å². The summed E-state index contributed by atoms with van der Waals surface area (Å²) in [7, 11) is 1.37. The van der Waals surface area contributed by atoms with Crippen molar-refractivity contribution in [3.05, 3.63) is 34.9 Å². The van der Waals surface area contributed by atoms with E-state index in [1.54, 1.807) is 24.3 Å². The highest BCUT2D eigenvalue weighted by atomic mass is 35.5. The van der Waals surface area contributed by atoms with Crippen molar-refractivity contribution in [2.24, 2.45) is 11.8 Å². The predicted molar refractivity (Wildman–Crippen MR) is 88.9 cm³/mol. The summed E-state index contributed by atoms with van der Waals surface area (Å²) in [6.07, 6.45) is 2.64. The lowest BCUT2D eigenvalue weighted by Gasteiger charge is -2.26. The van der Waals surface area contributed by atoms with E-state index in [0.29, 0.717) is 30.7 Å². The zero-order valence-corrected chi connectivity index (χ0v) is 14.3. The van der Waals surface area contributed by atoms with Gasteiger partial charge in [0, 0.05) is 10.9 Å². The molecule has 0 spiro atoms. The molecule has 0 radical (unpaired) electrons. The van der Waals surface area contributed by atoms with Crippen LogP contribution in [0.3, 0.4) is 0 Å². The Bertz CT molecular complexity index is 595. The third kappa shape index (κ3) is 5.23. The Kier molecular flexibility index (Phi) is 6.61. The molecule has 0 unspecified atom stereocenters. The van der Waals surface area contributed by atoms with Crippen molar-refractivity contribution < 1.29 is 19.1 Å². The monoisotopic (exact) mass is 352 g/mol. The van der Waals surface area contributed by atoms with Crippen molar-refractivity contribution in [3.8, 4) is 0 Å². The average Bonchev–Trinajstić information content (AvgIpc) is 2.61. The zero-order chi connectivity index (χ0) is 17.5. The van der Waals surface area contributed by atoms with Crippen molar-refractivity contribution in [2.45, 2.75) is 32.1 Å². The minimum Gasteiger partial charge on any atom is -0.469 e. The Morgan fingerprint density at radius 3 is 2.21 bits per heavy atom. The minimum absolute atomic E-state index is 0.126. The second-order valence-electron chi connectivity index (χ2n) is 5.91. The minimum atomic E-state index is -0.297. The van der Waals surface area contributed by atoms with Gasteiger partial charge in [-0.15, -0.1) is 0 Å². The topological polar surface area (TPSA) is 84.5 Å². The highest BCUT2D eigenvalue weighted by Crippen LogP contribution is 2.29. The Morgan fingerprint density at radius 2 is 1.62 bits per heavy atom. The van der Waals surface area contributed by atoms with Gasteiger partial charge in [0.25, 0.3) is 0 Å². The van der Waals surface area contributed by atoms with E-state index in [0.717, 1.165) is 5.56 Å². The second-order valence-corrected chi connectivity index (χ2v) is 6.35. The summed E-state index contributed by atoms with van der Waals surface area (Å²) < 4.78 is 4.72. The third-order valence-corrected chi connectivity index (χ3v) is 4.49. The van der Waals surface area contributed by atoms with Gasteiger partial charge in [-0.1, -0.05) is 23.7 Å². The fourth-order valence-electron chi connectivity index (χ4n) is 2.82. The first-order valence-electron chi connectivity index (χ1n) is 7.90. The number of ether oxygens (including phenoxy) is 1. The lowest BCUT2D eigenvalue weighted by atomic mass is 9.82. The van der Waals surface area contributed by atoms with Crippen LogP contribution in [-0.4, -0.2) is 24.9 Å². The van der Waals surface area contributed by atoms with Crippen molar-refractivity contribution in [2.75, 3.05) is 7.11 Å². The summed E-state index contributed by atoms with van der Waals surface area (Å²) in [5.74, 6) is -1.05. The molecule has 0 bridgehead atoms. The first-order chi connectivity index (χ1) is 11.5. The quantitative estimate of drug-likeness (QED) is 0.641. The van der Waals surface area contributed by atoms with E-state index in [4.69, 9.17) is 16.3 Å². The summed E-state index contributed by atoms with van der Waals surface area (Å²) in [5.41, 5.74) is 5.70. The summed E-state index contributed by atoms with van der Waals surface area (Å²) in [6.45, 7) is 0. The lowest BCUT2D eigenvalue weighted by molar-refractivity contribution is -0.147. The number of hydrazine groups is 1.